The van der Waals surface area contributed by atoms with Crippen LogP contribution in [0.1, 0.15) is 55.7 Å². The van der Waals surface area contributed by atoms with E-state index in [1.54, 1.807) is 17.0 Å². The molecule has 5 heteroatoms. The van der Waals surface area contributed by atoms with Crippen LogP contribution in [0, 0.1) is 6.92 Å². The molecule has 2 amide bonds. The van der Waals surface area contributed by atoms with E-state index in [2.05, 4.69) is 5.32 Å². The molecule has 4 nitrogen and oxygen atoms in total. The maximum Gasteiger partial charge on any atom is 0.242 e. The van der Waals surface area contributed by atoms with Gasteiger partial charge in [0.1, 0.15) is 6.04 Å². The molecule has 30 heavy (non-hydrogen) atoms. The summed E-state index contributed by atoms with van der Waals surface area (Å²) in [5, 5.41) is 3.78. The molecule has 1 atom stereocenters. The number of hydrogen-bond acceptors (Lipinski definition) is 2. The van der Waals surface area contributed by atoms with Gasteiger partial charge < -0.3 is 10.2 Å². The fraction of sp³-hybridized carbons (Fsp3) is 0.440. The van der Waals surface area contributed by atoms with Crippen molar-refractivity contribution in [1.29, 1.82) is 0 Å². The molecule has 3 rings (SSSR count). The summed E-state index contributed by atoms with van der Waals surface area (Å²) >= 11 is 6.09. The Morgan fingerprint density at radius 1 is 1.10 bits per heavy atom. The first kappa shape index (κ1) is 22.4. The number of amides is 2. The first-order valence-electron chi connectivity index (χ1n) is 10.8. The van der Waals surface area contributed by atoms with Gasteiger partial charge in [-0.05, 0) is 55.5 Å². The second-order valence-electron chi connectivity index (χ2n) is 8.27. The lowest BCUT2D eigenvalue weighted by Crippen LogP contribution is -2.50. The summed E-state index contributed by atoms with van der Waals surface area (Å²) in [5.74, 6) is -0.151. The molecule has 1 saturated carbocycles. The van der Waals surface area contributed by atoms with E-state index in [0.717, 1.165) is 42.4 Å². The summed E-state index contributed by atoms with van der Waals surface area (Å²) in [6.07, 6.45) is 5.80. The summed E-state index contributed by atoms with van der Waals surface area (Å²) < 4.78 is 0. The fourth-order valence-corrected chi connectivity index (χ4v) is 4.26. The van der Waals surface area contributed by atoms with Crippen LogP contribution in [0.2, 0.25) is 5.02 Å². The predicted molar refractivity (Wildman–Crippen MR) is 121 cm³/mol. The first-order chi connectivity index (χ1) is 14.4. The van der Waals surface area contributed by atoms with Gasteiger partial charge in [0.2, 0.25) is 11.8 Å². The van der Waals surface area contributed by atoms with Gasteiger partial charge in [0, 0.05) is 17.6 Å². The summed E-state index contributed by atoms with van der Waals surface area (Å²) in [5.41, 5.74) is 3.01. The molecule has 160 valence electrons. The Morgan fingerprint density at radius 2 is 1.83 bits per heavy atom. The van der Waals surface area contributed by atoms with Crippen molar-refractivity contribution in [1.82, 2.24) is 10.2 Å². The molecule has 1 aliphatic carbocycles. The largest absolute Gasteiger partial charge is 0.352 e. The number of carbonyl (C=O) groups is 2. The number of nitrogens with zero attached hydrogens (tertiary/aromatic N) is 1. The van der Waals surface area contributed by atoms with E-state index in [0.29, 0.717) is 11.6 Å². The minimum absolute atomic E-state index is 0.0741. The smallest absolute Gasteiger partial charge is 0.242 e. The van der Waals surface area contributed by atoms with Crippen LogP contribution in [-0.4, -0.2) is 28.8 Å². The van der Waals surface area contributed by atoms with Crippen LogP contribution in [0.15, 0.2) is 48.5 Å². The quantitative estimate of drug-likeness (QED) is 0.672. The number of benzene rings is 2. The van der Waals surface area contributed by atoms with Crippen molar-refractivity contribution in [3.63, 3.8) is 0 Å². The number of nitrogens with one attached hydrogen (secondary N) is 1. The van der Waals surface area contributed by atoms with Gasteiger partial charge in [-0.2, -0.15) is 0 Å². The van der Waals surface area contributed by atoms with Crippen LogP contribution < -0.4 is 5.32 Å². The molecule has 1 fully saturated rings. The molecule has 1 N–H and O–H groups in total. The molecular formula is C25H31ClN2O2. The van der Waals surface area contributed by atoms with Crippen LogP contribution in [-0.2, 0) is 22.6 Å². The van der Waals surface area contributed by atoms with Crippen LogP contribution in [0.25, 0.3) is 0 Å². The minimum Gasteiger partial charge on any atom is -0.352 e. The Kier molecular flexibility index (Phi) is 7.92. The Morgan fingerprint density at radius 3 is 2.53 bits per heavy atom. The Hall–Kier alpha value is -2.33. The van der Waals surface area contributed by atoms with Crippen molar-refractivity contribution in [3.8, 4) is 0 Å². The van der Waals surface area contributed by atoms with E-state index in [4.69, 9.17) is 11.6 Å². The van der Waals surface area contributed by atoms with E-state index >= 15 is 0 Å². The van der Waals surface area contributed by atoms with Crippen molar-refractivity contribution in [2.24, 2.45) is 0 Å². The highest BCUT2D eigenvalue weighted by Gasteiger charge is 2.28. The van der Waals surface area contributed by atoms with Gasteiger partial charge in [0.25, 0.3) is 0 Å². The van der Waals surface area contributed by atoms with Gasteiger partial charge in [-0.3, -0.25) is 9.59 Å². The Bertz CT molecular complexity index is 877. The van der Waals surface area contributed by atoms with Crippen LogP contribution >= 0.6 is 11.6 Å². The molecule has 0 aliphatic heterocycles. The lowest BCUT2D eigenvalue weighted by atomic mass is 9.95. The average molecular weight is 427 g/mol. The van der Waals surface area contributed by atoms with Crippen molar-refractivity contribution in [3.05, 3.63) is 70.2 Å². The summed E-state index contributed by atoms with van der Waals surface area (Å²) in [7, 11) is 0. The van der Waals surface area contributed by atoms with E-state index < -0.39 is 6.04 Å². The van der Waals surface area contributed by atoms with Crippen LogP contribution in [0.5, 0.6) is 0 Å². The van der Waals surface area contributed by atoms with E-state index in [-0.39, 0.29) is 24.3 Å². The minimum atomic E-state index is -0.543. The maximum absolute atomic E-state index is 13.3. The number of carbonyl (C=O) groups excluding carboxylic acids is 2. The van der Waals surface area contributed by atoms with Gasteiger partial charge in [0.05, 0.1) is 6.42 Å². The summed E-state index contributed by atoms with van der Waals surface area (Å²) in [6, 6.07) is 15.0. The van der Waals surface area contributed by atoms with Gasteiger partial charge >= 0.3 is 0 Å². The van der Waals surface area contributed by atoms with Crippen molar-refractivity contribution in [2.75, 3.05) is 0 Å². The summed E-state index contributed by atoms with van der Waals surface area (Å²) in [6.45, 7) is 4.26. The lowest BCUT2D eigenvalue weighted by molar-refractivity contribution is -0.140. The van der Waals surface area contributed by atoms with Gasteiger partial charge in [-0.15, -0.1) is 0 Å². The molecule has 2 aromatic rings. The third-order valence-electron chi connectivity index (χ3n) is 5.97. The topological polar surface area (TPSA) is 49.4 Å². The highest BCUT2D eigenvalue weighted by molar-refractivity contribution is 6.30. The highest BCUT2D eigenvalue weighted by atomic mass is 35.5. The van der Waals surface area contributed by atoms with Gasteiger partial charge in [0.15, 0.2) is 0 Å². The average Bonchev–Trinajstić information content (AvgIpc) is 2.73. The molecule has 0 aromatic heterocycles. The molecule has 0 saturated heterocycles. The monoisotopic (exact) mass is 426 g/mol. The Labute approximate surface area is 184 Å². The standard InChI is InChI=1S/C25H31ClN2O2/c1-18-9-6-7-11-21(18)17-28(24(29)16-20-10-8-12-22(26)15-20)19(2)25(30)27-23-13-4-3-5-14-23/h6-12,15,19,23H,3-5,13-14,16-17H2,1-2H3,(H,27,30). The molecular weight excluding hydrogens is 396 g/mol. The zero-order chi connectivity index (χ0) is 21.5. The van der Waals surface area contributed by atoms with Crippen LogP contribution in [0.3, 0.4) is 0 Å². The third kappa shape index (κ3) is 6.09. The summed E-state index contributed by atoms with van der Waals surface area (Å²) in [4.78, 5) is 28.0. The molecule has 0 radical (unpaired) electrons. The molecule has 1 unspecified atom stereocenters. The van der Waals surface area contributed by atoms with Crippen LogP contribution in [0.4, 0.5) is 0 Å². The molecule has 1 aliphatic rings. The Balaban J connectivity index is 1.77. The number of halogens is 1. The number of aryl methyl sites for hydroxylation is 1. The maximum atomic E-state index is 13.3. The van der Waals surface area contributed by atoms with E-state index in [1.165, 1.54) is 6.42 Å². The van der Waals surface area contributed by atoms with E-state index in [1.807, 2.05) is 50.2 Å². The SMILES string of the molecule is Cc1ccccc1CN(C(=O)Cc1cccc(Cl)c1)C(C)C(=O)NC1CCCCC1. The third-order valence-corrected chi connectivity index (χ3v) is 6.20. The lowest BCUT2D eigenvalue weighted by Gasteiger charge is -2.31. The predicted octanol–water partition coefficient (Wildman–Crippen LogP) is 5.06. The normalized spacial score (nSPS) is 15.4. The molecule has 0 spiro atoms. The van der Waals surface area contributed by atoms with Crippen molar-refractivity contribution >= 4 is 23.4 Å². The highest BCUT2D eigenvalue weighted by Crippen LogP contribution is 2.20. The number of hydrogen-bond donors (Lipinski definition) is 1. The first-order valence-corrected chi connectivity index (χ1v) is 11.2. The second-order valence-corrected chi connectivity index (χ2v) is 8.71. The molecule has 0 bridgehead atoms. The van der Waals surface area contributed by atoms with Gasteiger partial charge in [-0.1, -0.05) is 67.3 Å². The fourth-order valence-electron chi connectivity index (χ4n) is 4.05. The van der Waals surface area contributed by atoms with Crippen molar-refractivity contribution < 1.29 is 9.59 Å². The molecule has 2 aromatic carbocycles. The van der Waals surface area contributed by atoms with E-state index in [9.17, 15) is 9.59 Å². The van der Waals surface area contributed by atoms with Gasteiger partial charge in [-0.25, -0.2) is 0 Å². The zero-order valence-electron chi connectivity index (χ0n) is 17.9. The zero-order valence-corrected chi connectivity index (χ0v) is 18.6. The van der Waals surface area contributed by atoms with Crippen molar-refractivity contribution in [2.45, 2.75) is 71.0 Å². The molecule has 0 heterocycles. The second kappa shape index (κ2) is 10.6. The number of rotatable bonds is 7.